The summed E-state index contributed by atoms with van der Waals surface area (Å²) in [5, 5.41) is 3.42. The Hall–Kier alpha value is -0.650. The van der Waals surface area contributed by atoms with Crippen LogP contribution in [-0.4, -0.2) is 68.6 Å². The minimum atomic E-state index is 0.188. The van der Waals surface area contributed by atoms with Crippen LogP contribution in [0.4, 0.5) is 0 Å². The van der Waals surface area contributed by atoms with Crippen LogP contribution in [0.15, 0.2) is 0 Å². The normalized spacial score (nSPS) is 18.7. The van der Waals surface area contributed by atoms with Crippen molar-refractivity contribution in [3.8, 4) is 0 Å². The van der Waals surface area contributed by atoms with E-state index >= 15 is 0 Å². The van der Waals surface area contributed by atoms with Crippen LogP contribution in [0, 0.1) is 0 Å². The zero-order chi connectivity index (χ0) is 12.0. The predicted molar refractivity (Wildman–Crippen MR) is 65.2 cm³/mol. The maximum atomic E-state index is 11.5. The van der Waals surface area contributed by atoms with E-state index in [0.29, 0.717) is 19.1 Å². The van der Waals surface area contributed by atoms with Crippen LogP contribution >= 0.6 is 0 Å². The molecule has 94 valence electrons. The standard InChI is InChI=1S/C11H24N4O/c1-14(2)11(16)9-15-7-3-10(4-8-15)13-6-5-12/h10,13H,3-9,12H2,1-2H3. The van der Waals surface area contributed by atoms with Crippen LogP contribution in [0.3, 0.4) is 0 Å². The van der Waals surface area contributed by atoms with E-state index < -0.39 is 0 Å². The van der Waals surface area contributed by atoms with Crippen LogP contribution in [-0.2, 0) is 4.79 Å². The molecule has 0 aliphatic carbocycles. The second-order valence-corrected chi connectivity index (χ2v) is 4.58. The molecule has 0 unspecified atom stereocenters. The first-order valence-corrected chi connectivity index (χ1v) is 5.99. The summed E-state index contributed by atoms with van der Waals surface area (Å²) in [4.78, 5) is 15.4. The fourth-order valence-corrected chi connectivity index (χ4v) is 1.92. The van der Waals surface area contributed by atoms with E-state index in [-0.39, 0.29) is 5.91 Å². The van der Waals surface area contributed by atoms with Crippen molar-refractivity contribution in [3.05, 3.63) is 0 Å². The van der Waals surface area contributed by atoms with Crippen molar-refractivity contribution in [3.63, 3.8) is 0 Å². The number of nitrogens with one attached hydrogen (secondary N) is 1. The Bertz CT molecular complexity index is 212. The van der Waals surface area contributed by atoms with Gasteiger partial charge in [-0.15, -0.1) is 0 Å². The Morgan fingerprint density at radius 3 is 2.56 bits per heavy atom. The third-order valence-corrected chi connectivity index (χ3v) is 3.02. The minimum Gasteiger partial charge on any atom is -0.348 e. The molecule has 0 aromatic carbocycles. The zero-order valence-electron chi connectivity index (χ0n) is 10.4. The lowest BCUT2D eigenvalue weighted by atomic mass is 10.1. The number of carbonyl (C=O) groups is 1. The molecule has 0 aromatic heterocycles. The molecule has 1 saturated heterocycles. The van der Waals surface area contributed by atoms with E-state index in [1.54, 1.807) is 19.0 Å². The molecular weight excluding hydrogens is 204 g/mol. The first kappa shape index (κ1) is 13.4. The molecule has 0 aromatic rings. The largest absolute Gasteiger partial charge is 0.348 e. The number of rotatable bonds is 5. The Morgan fingerprint density at radius 2 is 2.06 bits per heavy atom. The molecule has 0 bridgehead atoms. The van der Waals surface area contributed by atoms with Crippen molar-refractivity contribution in [1.82, 2.24) is 15.1 Å². The van der Waals surface area contributed by atoms with Gasteiger partial charge in [-0.05, 0) is 12.8 Å². The van der Waals surface area contributed by atoms with Gasteiger partial charge in [-0.25, -0.2) is 0 Å². The van der Waals surface area contributed by atoms with Crippen molar-refractivity contribution in [2.75, 3.05) is 46.8 Å². The molecular formula is C11H24N4O. The van der Waals surface area contributed by atoms with Gasteiger partial charge in [-0.3, -0.25) is 9.69 Å². The lowest BCUT2D eigenvalue weighted by Gasteiger charge is -2.32. The minimum absolute atomic E-state index is 0.188. The Kier molecular flexibility index (Phi) is 5.73. The summed E-state index contributed by atoms with van der Waals surface area (Å²) in [6, 6.07) is 0.578. The zero-order valence-corrected chi connectivity index (χ0v) is 10.4. The first-order chi connectivity index (χ1) is 7.63. The maximum absolute atomic E-state index is 11.5. The molecule has 1 fully saturated rings. The predicted octanol–water partition coefficient (Wildman–Crippen LogP) is -0.913. The number of hydrogen-bond acceptors (Lipinski definition) is 4. The molecule has 1 aliphatic heterocycles. The van der Waals surface area contributed by atoms with Crippen LogP contribution in [0.1, 0.15) is 12.8 Å². The summed E-state index contributed by atoms with van der Waals surface area (Å²) in [5.41, 5.74) is 5.45. The average Bonchev–Trinajstić information content (AvgIpc) is 2.28. The molecule has 1 amide bonds. The van der Waals surface area contributed by atoms with Gasteiger partial charge in [0.2, 0.25) is 5.91 Å². The summed E-state index contributed by atoms with van der Waals surface area (Å²) < 4.78 is 0. The molecule has 16 heavy (non-hydrogen) atoms. The van der Waals surface area contributed by atoms with Gasteiger partial charge in [-0.2, -0.15) is 0 Å². The van der Waals surface area contributed by atoms with E-state index in [0.717, 1.165) is 32.5 Å². The fourth-order valence-electron chi connectivity index (χ4n) is 1.92. The number of amides is 1. The smallest absolute Gasteiger partial charge is 0.236 e. The first-order valence-electron chi connectivity index (χ1n) is 5.99. The van der Waals surface area contributed by atoms with E-state index in [2.05, 4.69) is 10.2 Å². The molecule has 5 nitrogen and oxygen atoms in total. The number of carbonyl (C=O) groups excluding carboxylic acids is 1. The van der Waals surface area contributed by atoms with Crippen LogP contribution in [0.5, 0.6) is 0 Å². The lowest BCUT2D eigenvalue weighted by molar-refractivity contribution is -0.130. The van der Waals surface area contributed by atoms with E-state index in [4.69, 9.17) is 5.73 Å². The molecule has 0 atom stereocenters. The van der Waals surface area contributed by atoms with Gasteiger partial charge in [-0.1, -0.05) is 0 Å². The van der Waals surface area contributed by atoms with Crippen LogP contribution in [0.2, 0.25) is 0 Å². The van der Waals surface area contributed by atoms with Gasteiger partial charge in [0.1, 0.15) is 0 Å². The highest BCUT2D eigenvalue weighted by Gasteiger charge is 2.20. The van der Waals surface area contributed by atoms with E-state index in [9.17, 15) is 4.79 Å². The quantitative estimate of drug-likeness (QED) is 0.639. The third kappa shape index (κ3) is 4.47. The number of likely N-dealkylation sites (N-methyl/N-ethyl adjacent to an activating group) is 1. The summed E-state index contributed by atoms with van der Waals surface area (Å²) in [6.45, 7) is 4.14. The summed E-state index contributed by atoms with van der Waals surface area (Å²) in [6.07, 6.45) is 2.22. The summed E-state index contributed by atoms with van der Waals surface area (Å²) >= 11 is 0. The van der Waals surface area contributed by atoms with Crippen LogP contribution in [0.25, 0.3) is 0 Å². The molecule has 0 spiro atoms. The van der Waals surface area contributed by atoms with Crippen molar-refractivity contribution in [2.24, 2.45) is 5.73 Å². The lowest BCUT2D eigenvalue weighted by Crippen LogP contribution is -2.46. The van der Waals surface area contributed by atoms with Gasteiger partial charge in [0, 0.05) is 46.3 Å². The van der Waals surface area contributed by atoms with Gasteiger partial charge in [0.15, 0.2) is 0 Å². The highest BCUT2D eigenvalue weighted by atomic mass is 16.2. The molecule has 0 saturated carbocycles. The highest BCUT2D eigenvalue weighted by Crippen LogP contribution is 2.09. The van der Waals surface area contributed by atoms with Crippen molar-refractivity contribution >= 4 is 5.91 Å². The number of nitrogens with two attached hydrogens (primary N) is 1. The fraction of sp³-hybridized carbons (Fsp3) is 0.909. The average molecular weight is 228 g/mol. The number of piperidine rings is 1. The van der Waals surface area contributed by atoms with E-state index in [1.807, 2.05) is 0 Å². The van der Waals surface area contributed by atoms with Gasteiger partial charge in [0.25, 0.3) is 0 Å². The van der Waals surface area contributed by atoms with Crippen molar-refractivity contribution in [1.29, 1.82) is 0 Å². The molecule has 1 heterocycles. The van der Waals surface area contributed by atoms with Gasteiger partial charge in [0.05, 0.1) is 6.54 Å². The van der Waals surface area contributed by atoms with Crippen LogP contribution < -0.4 is 11.1 Å². The van der Waals surface area contributed by atoms with Crippen molar-refractivity contribution in [2.45, 2.75) is 18.9 Å². The second kappa shape index (κ2) is 6.83. The second-order valence-electron chi connectivity index (χ2n) is 4.58. The topological polar surface area (TPSA) is 61.6 Å². The number of nitrogens with zero attached hydrogens (tertiary/aromatic N) is 2. The molecule has 0 radical (unpaired) electrons. The Labute approximate surface area is 98.0 Å². The Balaban J connectivity index is 2.19. The molecule has 1 rings (SSSR count). The monoisotopic (exact) mass is 228 g/mol. The number of likely N-dealkylation sites (tertiary alicyclic amines) is 1. The molecule has 3 N–H and O–H groups in total. The maximum Gasteiger partial charge on any atom is 0.236 e. The highest BCUT2D eigenvalue weighted by molar-refractivity contribution is 5.77. The SMILES string of the molecule is CN(C)C(=O)CN1CCC(NCCN)CC1. The summed E-state index contributed by atoms with van der Waals surface area (Å²) in [7, 11) is 3.61. The number of hydrogen-bond donors (Lipinski definition) is 2. The van der Waals surface area contributed by atoms with Gasteiger partial charge >= 0.3 is 0 Å². The molecule has 1 aliphatic rings. The molecule has 5 heteroatoms. The van der Waals surface area contributed by atoms with Gasteiger partial charge < -0.3 is 16.0 Å². The summed E-state index contributed by atoms with van der Waals surface area (Å²) in [5.74, 6) is 0.188. The Morgan fingerprint density at radius 1 is 1.44 bits per heavy atom. The van der Waals surface area contributed by atoms with E-state index in [1.165, 1.54) is 0 Å². The third-order valence-electron chi connectivity index (χ3n) is 3.02. The van der Waals surface area contributed by atoms with Crippen molar-refractivity contribution < 1.29 is 4.79 Å².